The quantitative estimate of drug-likeness (QED) is 0.697. The predicted octanol–water partition coefficient (Wildman–Crippen LogP) is 0.122. The van der Waals surface area contributed by atoms with Crippen molar-refractivity contribution >= 4 is 5.91 Å². The van der Waals surface area contributed by atoms with Crippen LogP contribution >= 0.6 is 0 Å². The number of amides is 1. The summed E-state index contributed by atoms with van der Waals surface area (Å²) >= 11 is 0. The monoisotopic (exact) mass is 252 g/mol. The van der Waals surface area contributed by atoms with E-state index >= 15 is 0 Å². The maximum absolute atomic E-state index is 12.2. The fraction of sp³-hybridized carbons (Fsp3) is 0.900. The molecule has 0 radical (unpaired) electrons. The Morgan fingerprint density at radius 2 is 1.82 bits per heavy atom. The second kappa shape index (κ2) is 4.13. The first-order chi connectivity index (χ1) is 7.83. The Balaban J connectivity index is 1.88. The molecule has 98 valence electrons. The van der Waals surface area contributed by atoms with Gasteiger partial charge in [-0.15, -0.1) is 0 Å². The Labute approximate surface area is 96.8 Å². The molecule has 0 aromatic heterocycles. The van der Waals surface area contributed by atoms with Crippen LogP contribution in [0.1, 0.15) is 12.8 Å². The summed E-state index contributed by atoms with van der Waals surface area (Å²) in [5.41, 5.74) is -0.784. The van der Waals surface area contributed by atoms with Crippen molar-refractivity contribution in [3.05, 3.63) is 0 Å². The van der Waals surface area contributed by atoms with E-state index in [0.29, 0.717) is 25.9 Å². The highest BCUT2D eigenvalue weighted by atomic mass is 19.4. The van der Waals surface area contributed by atoms with E-state index in [4.69, 9.17) is 0 Å². The molecule has 0 spiro atoms. The van der Waals surface area contributed by atoms with Gasteiger partial charge in [-0.05, 0) is 18.8 Å². The largest absolute Gasteiger partial charge is 0.471 e. The van der Waals surface area contributed by atoms with E-state index in [2.05, 4.69) is 5.32 Å². The van der Waals surface area contributed by atoms with Crippen molar-refractivity contribution in [2.75, 3.05) is 26.2 Å². The lowest BCUT2D eigenvalue weighted by atomic mass is 9.77. The number of hydrogen-bond acceptors (Lipinski definition) is 3. The summed E-state index contributed by atoms with van der Waals surface area (Å²) in [6.45, 7) is 1.13. The molecule has 7 heteroatoms. The first-order valence-corrected chi connectivity index (χ1v) is 5.62. The molecule has 1 amide bonds. The highest BCUT2D eigenvalue weighted by molar-refractivity contribution is 5.81. The lowest BCUT2D eigenvalue weighted by Gasteiger charge is -2.47. The summed E-state index contributed by atoms with van der Waals surface area (Å²) in [6, 6.07) is 0. The highest BCUT2D eigenvalue weighted by Crippen LogP contribution is 2.32. The Bertz CT molecular complexity index is 307. The summed E-state index contributed by atoms with van der Waals surface area (Å²) in [5.74, 6) is -1.78. The Morgan fingerprint density at radius 1 is 1.29 bits per heavy atom. The lowest BCUT2D eigenvalue weighted by molar-refractivity contribution is -0.188. The first kappa shape index (κ1) is 12.6. The molecule has 2 rings (SSSR count). The Hall–Kier alpha value is -0.820. The van der Waals surface area contributed by atoms with E-state index < -0.39 is 17.7 Å². The fourth-order valence-electron chi connectivity index (χ4n) is 2.47. The van der Waals surface area contributed by atoms with Crippen LogP contribution in [0.5, 0.6) is 0 Å². The minimum Gasteiger partial charge on any atom is -0.387 e. The van der Waals surface area contributed by atoms with E-state index in [0.717, 1.165) is 4.90 Å². The molecule has 2 aliphatic rings. The number of nitrogens with one attached hydrogen (secondary N) is 1. The molecule has 0 unspecified atom stereocenters. The molecule has 2 N–H and O–H groups in total. The molecule has 17 heavy (non-hydrogen) atoms. The van der Waals surface area contributed by atoms with Crippen molar-refractivity contribution in [1.29, 1.82) is 0 Å². The van der Waals surface area contributed by atoms with Gasteiger partial charge in [-0.2, -0.15) is 13.2 Å². The third kappa shape index (κ3) is 2.40. The van der Waals surface area contributed by atoms with Gasteiger partial charge in [-0.25, -0.2) is 0 Å². The van der Waals surface area contributed by atoms with Crippen LogP contribution in [0.25, 0.3) is 0 Å². The van der Waals surface area contributed by atoms with Gasteiger partial charge in [0.2, 0.25) is 0 Å². The lowest BCUT2D eigenvalue weighted by Crippen LogP contribution is -2.65. The van der Waals surface area contributed by atoms with Gasteiger partial charge < -0.3 is 15.3 Å². The van der Waals surface area contributed by atoms with Crippen LogP contribution in [0.2, 0.25) is 0 Å². The van der Waals surface area contributed by atoms with Crippen molar-refractivity contribution in [1.82, 2.24) is 10.2 Å². The molecule has 0 saturated carbocycles. The van der Waals surface area contributed by atoms with E-state index in [1.807, 2.05) is 0 Å². The summed E-state index contributed by atoms with van der Waals surface area (Å²) < 4.78 is 36.6. The Morgan fingerprint density at radius 3 is 2.18 bits per heavy atom. The third-order valence-electron chi connectivity index (χ3n) is 3.65. The summed E-state index contributed by atoms with van der Waals surface area (Å²) in [4.78, 5) is 11.8. The molecule has 4 nitrogen and oxygen atoms in total. The van der Waals surface area contributed by atoms with Gasteiger partial charge in [0.25, 0.3) is 0 Å². The average Bonchev–Trinajstić information content (AvgIpc) is 2.24. The number of hydrogen-bond donors (Lipinski definition) is 2. The molecule has 2 aliphatic heterocycles. The second-order valence-corrected chi connectivity index (χ2v) is 4.77. The zero-order chi connectivity index (χ0) is 12.7. The number of nitrogens with zero attached hydrogens (tertiary/aromatic N) is 1. The second-order valence-electron chi connectivity index (χ2n) is 4.77. The normalized spacial score (nSPS) is 25.5. The van der Waals surface area contributed by atoms with E-state index in [-0.39, 0.29) is 19.0 Å². The van der Waals surface area contributed by atoms with Crippen LogP contribution in [0.3, 0.4) is 0 Å². The van der Waals surface area contributed by atoms with Crippen LogP contribution in [0.15, 0.2) is 0 Å². The number of rotatable bonds is 1. The minimum absolute atomic E-state index is 0.0129. The van der Waals surface area contributed by atoms with Gasteiger partial charge in [0, 0.05) is 26.2 Å². The average molecular weight is 252 g/mol. The molecule has 2 fully saturated rings. The summed E-state index contributed by atoms with van der Waals surface area (Å²) in [5, 5.41) is 13.0. The number of piperidine rings is 1. The molecular formula is C10H15F3N2O2. The smallest absolute Gasteiger partial charge is 0.387 e. The number of carbonyl (C=O) groups is 1. The van der Waals surface area contributed by atoms with Crippen LogP contribution in [0.4, 0.5) is 13.2 Å². The SMILES string of the molecule is O=C(N1CCC(C2(O)CNC2)CC1)C(F)(F)F. The van der Waals surface area contributed by atoms with Crippen LogP contribution in [-0.4, -0.2) is 53.9 Å². The maximum Gasteiger partial charge on any atom is 0.471 e. The number of alkyl halides is 3. The van der Waals surface area contributed by atoms with E-state index in [1.54, 1.807) is 0 Å². The van der Waals surface area contributed by atoms with Gasteiger partial charge in [0.1, 0.15) is 0 Å². The van der Waals surface area contributed by atoms with Crippen molar-refractivity contribution in [2.45, 2.75) is 24.6 Å². The minimum atomic E-state index is -4.79. The zero-order valence-electron chi connectivity index (χ0n) is 9.26. The first-order valence-electron chi connectivity index (χ1n) is 5.62. The summed E-state index contributed by atoms with van der Waals surface area (Å²) in [6.07, 6.45) is -3.93. The van der Waals surface area contributed by atoms with Crippen molar-refractivity contribution in [2.24, 2.45) is 5.92 Å². The maximum atomic E-state index is 12.2. The fourth-order valence-corrected chi connectivity index (χ4v) is 2.47. The molecule has 0 aliphatic carbocycles. The van der Waals surface area contributed by atoms with Gasteiger partial charge in [0.05, 0.1) is 5.60 Å². The molecule has 0 bridgehead atoms. The Kier molecular flexibility index (Phi) is 3.07. The molecule has 0 aromatic carbocycles. The highest BCUT2D eigenvalue weighted by Gasteiger charge is 2.47. The molecule has 0 atom stereocenters. The van der Waals surface area contributed by atoms with Gasteiger partial charge >= 0.3 is 12.1 Å². The topological polar surface area (TPSA) is 52.6 Å². The zero-order valence-corrected chi connectivity index (χ0v) is 9.26. The number of carbonyl (C=O) groups excluding carboxylic acids is 1. The van der Waals surface area contributed by atoms with Gasteiger partial charge in [-0.3, -0.25) is 4.79 Å². The predicted molar refractivity (Wildman–Crippen MR) is 53.2 cm³/mol. The molecule has 2 saturated heterocycles. The number of aliphatic hydroxyl groups is 1. The number of halogens is 3. The van der Waals surface area contributed by atoms with Crippen molar-refractivity contribution in [3.63, 3.8) is 0 Å². The van der Waals surface area contributed by atoms with E-state index in [9.17, 15) is 23.1 Å². The van der Waals surface area contributed by atoms with Crippen molar-refractivity contribution in [3.8, 4) is 0 Å². The molecule has 0 aromatic rings. The summed E-state index contributed by atoms with van der Waals surface area (Å²) in [7, 11) is 0. The standard InChI is InChI=1S/C10H15F3N2O2/c11-10(12,13)8(16)15-3-1-7(2-4-15)9(17)5-14-6-9/h7,14,17H,1-6H2. The van der Waals surface area contributed by atoms with Crippen LogP contribution in [-0.2, 0) is 4.79 Å². The number of likely N-dealkylation sites (tertiary alicyclic amines) is 1. The van der Waals surface area contributed by atoms with Gasteiger partial charge in [-0.1, -0.05) is 0 Å². The van der Waals surface area contributed by atoms with Crippen LogP contribution in [0, 0.1) is 5.92 Å². The van der Waals surface area contributed by atoms with Crippen molar-refractivity contribution < 1.29 is 23.1 Å². The molecular weight excluding hydrogens is 237 g/mol. The molecule has 2 heterocycles. The van der Waals surface area contributed by atoms with Crippen LogP contribution < -0.4 is 5.32 Å². The van der Waals surface area contributed by atoms with Gasteiger partial charge in [0.15, 0.2) is 0 Å². The third-order valence-corrected chi connectivity index (χ3v) is 3.65. The van der Waals surface area contributed by atoms with E-state index in [1.165, 1.54) is 0 Å². The number of β-amino-alcohol motifs (C(OH)–C–C–N with tert-alkyl or cyclic N) is 1.